The van der Waals surface area contributed by atoms with Gasteiger partial charge in [-0.25, -0.2) is 27.2 Å². The van der Waals surface area contributed by atoms with Crippen molar-refractivity contribution in [3.8, 4) is 11.5 Å². The highest BCUT2D eigenvalue weighted by Gasteiger charge is 2.20. The molecular weight excluding hydrogens is 308 g/mol. The van der Waals surface area contributed by atoms with Crippen LogP contribution in [0.2, 0.25) is 0 Å². The van der Waals surface area contributed by atoms with Crippen molar-refractivity contribution in [2.45, 2.75) is 0 Å². The first kappa shape index (κ1) is 15.5. The van der Waals surface area contributed by atoms with E-state index >= 15 is 0 Å². The van der Waals surface area contributed by atoms with E-state index in [1.807, 2.05) is 0 Å². The van der Waals surface area contributed by atoms with Gasteiger partial charge in [0.25, 0.3) is 0 Å². The minimum atomic E-state index is -1.62. The summed E-state index contributed by atoms with van der Waals surface area (Å²) in [6.45, 7) is 0. The van der Waals surface area contributed by atoms with E-state index in [1.54, 1.807) is 0 Å². The molecule has 0 aliphatic rings. The monoisotopic (exact) mass is 314 g/mol. The lowest BCUT2D eigenvalue weighted by molar-refractivity contribution is -0.156. The quantitative estimate of drug-likeness (QED) is 0.370. The van der Waals surface area contributed by atoms with Crippen molar-refractivity contribution in [3.05, 3.63) is 59.7 Å². The molecule has 0 aliphatic carbocycles. The molecule has 8 heteroatoms. The van der Waals surface area contributed by atoms with E-state index in [2.05, 4.69) is 9.47 Å². The molecule has 0 heterocycles. The van der Waals surface area contributed by atoms with Crippen molar-refractivity contribution in [1.29, 1.82) is 0 Å². The average Bonchev–Trinajstić information content (AvgIpc) is 2.35. The minimum Gasteiger partial charge on any atom is -0.418 e. The molecular formula is C14H6F4O4. The Hall–Kier alpha value is -2.90. The summed E-state index contributed by atoms with van der Waals surface area (Å²) in [6, 6.07) is 3.72. The molecule has 0 aliphatic heterocycles. The van der Waals surface area contributed by atoms with Crippen LogP contribution in [0.15, 0.2) is 36.4 Å². The summed E-state index contributed by atoms with van der Waals surface area (Å²) in [5.41, 5.74) is 0. The molecule has 0 unspecified atom stereocenters. The fraction of sp³-hybridized carbons (Fsp3) is 0. The van der Waals surface area contributed by atoms with E-state index in [1.165, 1.54) is 0 Å². The largest absolute Gasteiger partial charge is 0.423 e. The van der Waals surface area contributed by atoms with Crippen molar-refractivity contribution in [2.24, 2.45) is 0 Å². The zero-order chi connectivity index (χ0) is 16.3. The molecule has 114 valence electrons. The fourth-order valence-corrected chi connectivity index (χ4v) is 1.47. The second kappa shape index (κ2) is 6.25. The summed E-state index contributed by atoms with van der Waals surface area (Å²) in [5.74, 6) is -8.46. The summed E-state index contributed by atoms with van der Waals surface area (Å²) >= 11 is 0. The lowest BCUT2D eigenvalue weighted by atomic mass is 10.3. The Kier molecular flexibility index (Phi) is 4.40. The van der Waals surface area contributed by atoms with E-state index in [0.29, 0.717) is 36.4 Å². The van der Waals surface area contributed by atoms with Crippen LogP contribution >= 0.6 is 0 Å². The van der Waals surface area contributed by atoms with E-state index in [9.17, 15) is 27.2 Å². The van der Waals surface area contributed by atoms with Gasteiger partial charge < -0.3 is 9.47 Å². The summed E-state index contributed by atoms with van der Waals surface area (Å²) in [5, 5.41) is 0. The maximum absolute atomic E-state index is 12.9. The van der Waals surface area contributed by atoms with Gasteiger partial charge in [-0.3, -0.25) is 0 Å². The first-order chi connectivity index (χ1) is 10.3. The molecule has 0 saturated heterocycles. The SMILES string of the molecule is O=C(Oc1cc(F)cc(F)c1)C(=O)Oc1cc(F)cc(F)c1. The number of carbonyl (C=O) groups is 2. The Morgan fingerprint density at radius 1 is 0.591 bits per heavy atom. The smallest absolute Gasteiger partial charge is 0.418 e. The molecule has 0 N–H and O–H groups in total. The van der Waals surface area contributed by atoms with Gasteiger partial charge in [-0.15, -0.1) is 0 Å². The Labute approximate surface area is 120 Å². The molecule has 22 heavy (non-hydrogen) atoms. The van der Waals surface area contributed by atoms with Crippen LogP contribution < -0.4 is 9.47 Å². The van der Waals surface area contributed by atoms with Crippen molar-refractivity contribution in [3.63, 3.8) is 0 Å². The van der Waals surface area contributed by atoms with Gasteiger partial charge in [0.1, 0.15) is 34.8 Å². The maximum Gasteiger partial charge on any atom is 0.423 e. The van der Waals surface area contributed by atoms with Gasteiger partial charge in [0.2, 0.25) is 0 Å². The summed E-state index contributed by atoms with van der Waals surface area (Å²) < 4.78 is 60.3. The van der Waals surface area contributed by atoms with Crippen LogP contribution in [0.25, 0.3) is 0 Å². The highest BCUT2D eigenvalue weighted by Crippen LogP contribution is 2.17. The second-order valence-electron chi connectivity index (χ2n) is 3.99. The average molecular weight is 314 g/mol. The predicted molar refractivity (Wildman–Crippen MR) is 64.0 cm³/mol. The van der Waals surface area contributed by atoms with Crippen LogP contribution in [0, 0.1) is 23.3 Å². The van der Waals surface area contributed by atoms with Crippen LogP contribution in [0.3, 0.4) is 0 Å². The Morgan fingerprint density at radius 2 is 0.864 bits per heavy atom. The van der Waals surface area contributed by atoms with Crippen LogP contribution in [-0.2, 0) is 9.59 Å². The molecule has 0 saturated carbocycles. The number of benzene rings is 2. The number of halogens is 4. The topological polar surface area (TPSA) is 52.6 Å². The maximum atomic E-state index is 12.9. The molecule has 2 aromatic rings. The summed E-state index contributed by atoms with van der Waals surface area (Å²) in [6.07, 6.45) is 0. The Morgan fingerprint density at radius 3 is 1.14 bits per heavy atom. The Balaban J connectivity index is 2.07. The van der Waals surface area contributed by atoms with Gasteiger partial charge >= 0.3 is 11.9 Å². The van der Waals surface area contributed by atoms with Crippen molar-refractivity contribution in [2.75, 3.05) is 0 Å². The number of hydrogen-bond donors (Lipinski definition) is 0. The molecule has 0 atom stereocenters. The van der Waals surface area contributed by atoms with Gasteiger partial charge in [0.15, 0.2) is 0 Å². The van der Waals surface area contributed by atoms with Gasteiger partial charge in [-0.2, -0.15) is 0 Å². The zero-order valence-electron chi connectivity index (χ0n) is 10.6. The van der Waals surface area contributed by atoms with E-state index in [-0.39, 0.29) is 0 Å². The van der Waals surface area contributed by atoms with Gasteiger partial charge in [-0.05, 0) is 0 Å². The zero-order valence-corrected chi connectivity index (χ0v) is 10.6. The van der Waals surface area contributed by atoms with Crippen LogP contribution in [0.5, 0.6) is 11.5 Å². The lowest BCUT2D eigenvalue weighted by Gasteiger charge is -2.05. The van der Waals surface area contributed by atoms with Gasteiger partial charge in [-0.1, -0.05) is 0 Å². The molecule has 0 fully saturated rings. The summed E-state index contributed by atoms with van der Waals surface area (Å²) in [7, 11) is 0. The normalized spacial score (nSPS) is 10.2. The number of hydrogen-bond acceptors (Lipinski definition) is 4. The first-order valence-corrected chi connectivity index (χ1v) is 5.69. The first-order valence-electron chi connectivity index (χ1n) is 5.69. The molecule has 0 radical (unpaired) electrons. The minimum absolute atomic E-state index is 0.533. The Bertz CT molecular complexity index is 642. The van der Waals surface area contributed by atoms with Crippen molar-refractivity contribution in [1.82, 2.24) is 0 Å². The van der Waals surface area contributed by atoms with E-state index in [0.717, 1.165) is 0 Å². The van der Waals surface area contributed by atoms with Crippen LogP contribution in [-0.4, -0.2) is 11.9 Å². The number of rotatable bonds is 2. The third-order valence-electron chi connectivity index (χ3n) is 2.26. The predicted octanol–water partition coefficient (Wildman–Crippen LogP) is 2.75. The standard InChI is InChI=1S/C14H6F4O4/c15-7-1-8(16)4-11(3-7)21-13(19)14(20)22-12-5-9(17)2-10(18)6-12/h1-6H. The second-order valence-corrected chi connectivity index (χ2v) is 3.99. The highest BCUT2D eigenvalue weighted by molar-refractivity contribution is 6.31. The lowest BCUT2D eigenvalue weighted by Crippen LogP contribution is -2.25. The highest BCUT2D eigenvalue weighted by atomic mass is 19.1. The molecule has 4 nitrogen and oxygen atoms in total. The molecule has 0 amide bonds. The van der Waals surface area contributed by atoms with Crippen molar-refractivity contribution < 1.29 is 36.6 Å². The molecule has 2 aromatic carbocycles. The molecule has 0 bridgehead atoms. The fourth-order valence-electron chi connectivity index (χ4n) is 1.47. The number of esters is 2. The molecule has 2 rings (SSSR count). The van der Waals surface area contributed by atoms with Crippen molar-refractivity contribution >= 4 is 11.9 Å². The third kappa shape index (κ3) is 4.05. The van der Waals surface area contributed by atoms with E-state index < -0.39 is 46.7 Å². The number of carbonyl (C=O) groups excluding carboxylic acids is 2. The molecule has 0 aromatic heterocycles. The number of ether oxygens (including phenoxy) is 2. The third-order valence-corrected chi connectivity index (χ3v) is 2.26. The van der Waals surface area contributed by atoms with Gasteiger partial charge in [0, 0.05) is 36.4 Å². The summed E-state index contributed by atoms with van der Waals surface area (Å²) in [4.78, 5) is 22.8. The van der Waals surface area contributed by atoms with Crippen LogP contribution in [0.1, 0.15) is 0 Å². The molecule has 0 spiro atoms. The van der Waals surface area contributed by atoms with Gasteiger partial charge in [0.05, 0.1) is 0 Å². The van der Waals surface area contributed by atoms with Crippen LogP contribution in [0.4, 0.5) is 17.6 Å². The van der Waals surface area contributed by atoms with E-state index in [4.69, 9.17) is 0 Å².